The van der Waals surface area contributed by atoms with Crippen LogP contribution in [0.3, 0.4) is 0 Å². The Kier molecular flexibility index (Phi) is 6.14. The number of anilines is 1. The molecular weight excluding hydrogens is 228 g/mol. The minimum atomic E-state index is -0.116. The number of carbonyl (C=O) groups excluding carboxylic acids is 1. The molecule has 0 saturated heterocycles. The number of nitrogens with one attached hydrogen (secondary N) is 1. The van der Waals surface area contributed by atoms with Crippen LogP contribution in [0.5, 0.6) is 0 Å². The number of hydrogen-bond acceptors (Lipinski definition) is 4. The van der Waals surface area contributed by atoms with E-state index in [-0.39, 0.29) is 5.91 Å². The van der Waals surface area contributed by atoms with Crippen LogP contribution in [0.1, 0.15) is 30.6 Å². The van der Waals surface area contributed by atoms with Crippen LogP contribution < -0.4 is 11.1 Å². The average molecular weight is 250 g/mol. The Morgan fingerprint density at radius 2 is 2.11 bits per heavy atom. The second-order valence-corrected chi connectivity index (χ2v) is 4.14. The van der Waals surface area contributed by atoms with E-state index in [1.165, 1.54) is 12.4 Å². The Hall–Kier alpha value is -1.62. The monoisotopic (exact) mass is 250 g/mol. The topological polar surface area (TPSA) is 71.2 Å². The first-order valence-corrected chi connectivity index (χ1v) is 6.38. The molecular formula is C13H22N4O. The van der Waals surface area contributed by atoms with E-state index in [0.717, 1.165) is 26.1 Å². The molecule has 1 amide bonds. The number of rotatable bonds is 7. The van der Waals surface area contributed by atoms with Crippen molar-refractivity contribution in [2.24, 2.45) is 0 Å². The molecule has 1 heterocycles. The molecule has 18 heavy (non-hydrogen) atoms. The van der Waals surface area contributed by atoms with Crippen molar-refractivity contribution in [3.8, 4) is 0 Å². The van der Waals surface area contributed by atoms with Gasteiger partial charge in [-0.1, -0.05) is 13.8 Å². The van der Waals surface area contributed by atoms with Gasteiger partial charge in [0.1, 0.15) is 0 Å². The quantitative estimate of drug-likeness (QED) is 0.712. The van der Waals surface area contributed by atoms with E-state index in [9.17, 15) is 4.79 Å². The number of nitrogen functional groups attached to an aromatic ring is 1. The SMILES string of the molecule is CCN(CC)CCCNC(=O)c1cncc(N)c1. The largest absolute Gasteiger partial charge is 0.397 e. The summed E-state index contributed by atoms with van der Waals surface area (Å²) in [6.07, 6.45) is 4.00. The van der Waals surface area contributed by atoms with E-state index in [2.05, 4.69) is 29.0 Å². The van der Waals surface area contributed by atoms with Crippen molar-refractivity contribution in [2.45, 2.75) is 20.3 Å². The summed E-state index contributed by atoms with van der Waals surface area (Å²) >= 11 is 0. The van der Waals surface area contributed by atoms with Crippen LogP contribution in [0.4, 0.5) is 5.69 Å². The summed E-state index contributed by atoms with van der Waals surface area (Å²) in [6.45, 7) is 8.04. The fraction of sp³-hybridized carbons (Fsp3) is 0.538. The van der Waals surface area contributed by atoms with Crippen LogP contribution in [0, 0.1) is 0 Å². The number of hydrogen-bond donors (Lipinski definition) is 2. The van der Waals surface area contributed by atoms with Crippen LogP contribution >= 0.6 is 0 Å². The van der Waals surface area contributed by atoms with Crippen molar-refractivity contribution in [1.29, 1.82) is 0 Å². The zero-order chi connectivity index (χ0) is 13.4. The van der Waals surface area contributed by atoms with E-state index in [1.54, 1.807) is 6.07 Å². The molecule has 3 N–H and O–H groups in total. The Morgan fingerprint density at radius 1 is 1.39 bits per heavy atom. The minimum absolute atomic E-state index is 0.116. The van der Waals surface area contributed by atoms with Crippen LogP contribution in [0.2, 0.25) is 0 Å². The third-order valence-corrected chi connectivity index (χ3v) is 2.85. The summed E-state index contributed by atoms with van der Waals surface area (Å²) in [6, 6.07) is 1.63. The fourth-order valence-corrected chi connectivity index (χ4v) is 1.73. The highest BCUT2D eigenvalue weighted by Gasteiger charge is 2.05. The molecule has 1 rings (SSSR count). The van der Waals surface area contributed by atoms with Gasteiger partial charge in [0.05, 0.1) is 11.3 Å². The predicted molar refractivity (Wildman–Crippen MR) is 73.4 cm³/mol. The lowest BCUT2D eigenvalue weighted by molar-refractivity contribution is 0.0951. The summed E-state index contributed by atoms with van der Waals surface area (Å²) in [5.41, 5.74) is 6.60. The van der Waals surface area contributed by atoms with Crippen LogP contribution in [-0.2, 0) is 0 Å². The maximum Gasteiger partial charge on any atom is 0.252 e. The molecule has 0 unspecified atom stereocenters. The van der Waals surface area contributed by atoms with Gasteiger partial charge in [-0.05, 0) is 32.1 Å². The number of carbonyl (C=O) groups is 1. The van der Waals surface area contributed by atoms with E-state index in [4.69, 9.17) is 5.73 Å². The molecule has 0 radical (unpaired) electrons. The first-order valence-electron chi connectivity index (χ1n) is 6.38. The van der Waals surface area contributed by atoms with E-state index in [0.29, 0.717) is 17.8 Å². The zero-order valence-corrected chi connectivity index (χ0v) is 11.1. The van der Waals surface area contributed by atoms with Gasteiger partial charge < -0.3 is 16.0 Å². The molecule has 0 saturated carbocycles. The van der Waals surface area contributed by atoms with Crippen molar-refractivity contribution < 1.29 is 4.79 Å². The van der Waals surface area contributed by atoms with Crippen molar-refractivity contribution in [3.63, 3.8) is 0 Å². The zero-order valence-electron chi connectivity index (χ0n) is 11.1. The lowest BCUT2D eigenvalue weighted by Gasteiger charge is -2.17. The van der Waals surface area contributed by atoms with Gasteiger partial charge in [0.15, 0.2) is 0 Å². The average Bonchev–Trinajstić information content (AvgIpc) is 2.38. The van der Waals surface area contributed by atoms with Crippen molar-refractivity contribution >= 4 is 11.6 Å². The Bertz CT molecular complexity index is 377. The molecule has 0 bridgehead atoms. The molecule has 0 aliphatic carbocycles. The molecule has 5 nitrogen and oxygen atoms in total. The number of nitrogens with two attached hydrogens (primary N) is 1. The Balaban J connectivity index is 2.29. The number of amides is 1. The number of nitrogens with zero attached hydrogens (tertiary/aromatic N) is 2. The molecule has 0 atom stereocenters. The van der Waals surface area contributed by atoms with E-state index in [1.807, 2.05) is 0 Å². The fourth-order valence-electron chi connectivity index (χ4n) is 1.73. The first-order chi connectivity index (χ1) is 8.67. The smallest absolute Gasteiger partial charge is 0.252 e. The van der Waals surface area contributed by atoms with Crippen molar-refractivity contribution in [1.82, 2.24) is 15.2 Å². The van der Waals surface area contributed by atoms with Gasteiger partial charge in [0, 0.05) is 18.9 Å². The minimum Gasteiger partial charge on any atom is -0.397 e. The molecule has 1 aromatic heterocycles. The van der Waals surface area contributed by atoms with Gasteiger partial charge in [0.25, 0.3) is 5.91 Å². The third-order valence-electron chi connectivity index (χ3n) is 2.85. The van der Waals surface area contributed by atoms with Crippen LogP contribution in [0.15, 0.2) is 18.5 Å². The van der Waals surface area contributed by atoms with E-state index >= 15 is 0 Å². The van der Waals surface area contributed by atoms with Gasteiger partial charge in [-0.15, -0.1) is 0 Å². The summed E-state index contributed by atoms with van der Waals surface area (Å²) in [5, 5.41) is 2.87. The predicted octanol–water partition coefficient (Wildman–Crippen LogP) is 1.13. The van der Waals surface area contributed by atoms with Gasteiger partial charge >= 0.3 is 0 Å². The summed E-state index contributed by atoms with van der Waals surface area (Å²) in [5.74, 6) is -0.116. The van der Waals surface area contributed by atoms with Crippen molar-refractivity contribution in [2.75, 3.05) is 31.9 Å². The van der Waals surface area contributed by atoms with Gasteiger partial charge in [-0.25, -0.2) is 0 Å². The number of aromatic nitrogens is 1. The maximum absolute atomic E-state index is 11.8. The first kappa shape index (κ1) is 14.4. The summed E-state index contributed by atoms with van der Waals surface area (Å²) in [7, 11) is 0. The molecule has 1 aromatic rings. The van der Waals surface area contributed by atoms with E-state index < -0.39 is 0 Å². The van der Waals surface area contributed by atoms with Crippen molar-refractivity contribution in [3.05, 3.63) is 24.0 Å². The normalized spacial score (nSPS) is 10.6. The molecule has 0 fully saturated rings. The summed E-state index contributed by atoms with van der Waals surface area (Å²) in [4.78, 5) is 18.0. The second-order valence-electron chi connectivity index (χ2n) is 4.14. The highest BCUT2D eigenvalue weighted by molar-refractivity contribution is 5.94. The van der Waals surface area contributed by atoms with Crippen LogP contribution in [-0.4, -0.2) is 42.0 Å². The molecule has 0 aliphatic heterocycles. The molecule has 0 aromatic carbocycles. The van der Waals surface area contributed by atoms with Gasteiger partial charge in [-0.3, -0.25) is 9.78 Å². The molecule has 100 valence electrons. The Morgan fingerprint density at radius 3 is 2.72 bits per heavy atom. The molecule has 0 aliphatic rings. The third kappa shape index (κ3) is 4.71. The highest BCUT2D eigenvalue weighted by Crippen LogP contribution is 2.03. The Labute approximate surface area is 108 Å². The van der Waals surface area contributed by atoms with Crippen LogP contribution in [0.25, 0.3) is 0 Å². The maximum atomic E-state index is 11.8. The summed E-state index contributed by atoms with van der Waals surface area (Å²) < 4.78 is 0. The lowest BCUT2D eigenvalue weighted by atomic mass is 10.2. The lowest BCUT2D eigenvalue weighted by Crippen LogP contribution is -2.30. The molecule has 0 spiro atoms. The highest BCUT2D eigenvalue weighted by atomic mass is 16.1. The number of pyridine rings is 1. The molecule has 5 heteroatoms. The van der Waals surface area contributed by atoms with Gasteiger partial charge in [0.2, 0.25) is 0 Å². The second kappa shape index (κ2) is 7.66. The standard InChI is InChI=1S/C13H22N4O/c1-3-17(4-2)7-5-6-16-13(18)11-8-12(14)10-15-9-11/h8-10H,3-7,14H2,1-2H3,(H,16,18). The van der Waals surface area contributed by atoms with Gasteiger partial charge in [-0.2, -0.15) is 0 Å².